The summed E-state index contributed by atoms with van der Waals surface area (Å²) < 4.78 is 14.9. The van der Waals surface area contributed by atoms with Gasteiger partial charge in [0.2, 0.25) is 0 Å². The summed E-state index contributed by atoms with van der Waals surface area (Å²) in [7, 11) is 0. The molecule has 52 heavy (non-hydrogen) atoms. The number of carboxylic acids is 2. The molecule has 0 unspecified atom stereocenters. The molecule has 0 aliphatic carbocycles. The van der Waals surface area contributed by atoms with Crippen LogP contribution < -0.4 is 10.1 Å². The van der Waals surface area contributed by atoms with Gasteiger partial charge in [0, 0.05) is 50.7 Å². The molecule has 0 aromatic heterocycles. The van der Waals surface area contributed by atoms with Crippen molar-refractivity contribution in [1.29, 1.82) is 0 Å². The predicted molar refractivity (Wildman–Crippen MR) is 187 cm³/mol. The van der Waals surface area contributed by atoms with E-state index in [2.05, 4.69) is 25.4 Å². The average Bonchev–Trinajstić information content (AvgIpc) is 3.86. The Balaban J connectivity index is 0.000000232. The van der Waals surface area contributed by atoms with E-state index in [4.69, 9.17) is 35.5 Å². The minimum Gasteiger partial charge on any atom is -0.480 e. The number of nitrogens with one attached hydrogen (secondary N) is 1. The van der Waals surface area contributed by atoms with E-state index < -0.39 is 35.2 Å². The second kappa shape index (κ2) is 21.1. The molecule has 272 valence electrons. The monoisotopic (exact) mass is 755 g/mol. The largest absolute Gasteiger partial charge is 0.514 e. The molecule has 1 amide bonds. The molecule has 5 rings (SSSR count). The molecule has 2 aliphatic heterocycles. The highest BCUT2D eigenvalue weighted by atomic mass is 32.2. The Morgan fingerprint density at radius 2 is 1.40 bits per heavy atom. The van der Waals surface area contributed by atoms with Crippen molar-refractivity contribution in [3.63, 3.8) is 0 Å². The molecule has 0 spiro atoms. The van der Waals surface area contributed by atoms with E-state index in [9.17, 15) is 29.3 Å². The first-order valence-electron chi connectivity index (χ1n) is 14.7. The normalized spacial score (nSPS) is 15.5. The fraction of sp³-hybridized carbons (Fsp3) is 0.267. The first-order chi connectivity index (χ1) is 25.0. The van der Waals surface area contributed by atoms with E-state index in [1.807, 2.05) is 0 Å². The highest BCUT2D eigenvalue weighted by molar-refractivity contribution is 7.99. The molecule has 0 saturated carbocycles. The van der Waals surface area contributed by atoms with Gasteiger partial charge in [0.15, 0.2) is 0 Å². The van der Waals surface area contributed by atoms with Crippen molar-refractivity contribution in [3.05, 3.63) is 115 Å². The number of nitro groups is 1. The van der Waals surface area contributed by atoms with Crippen LogP contribution in [0.4, 0.5) is 26.7 Å². The van der Waals surface area contributed by atoms with Crippen LogP contribution in [0.2, 0.25) is 0 Å². The summed E-state index contributed by atoms with van der Waals surface area (Å²) in [5, 5.41) is 37.5. The van der Waals surface area contributed by atoms with Crippen LogP contribution in [0, 0.1) is 10.1 Å². The van der Waals surface area contributed by atoms with Crippen LogP contribution in [0.1, 0.15) is 11.1 Å². The summed E-state index contributed by atoms with van der Waals surface area (Å²) in [5.74, 6) is 0.522. The van der Waals surface area contributed by atoms with Gasteiger partial charge < -0.3 is 24.4 Å². The van der Waals surface area contributed by atoms with Gasteiger partial charge in [-0.25, -0.2) is 14.4 Å². The number of nitro benzene ring substituents is 1. The van der Waals surface area contributed by atoms with Crippen molar-refractivity contribution in [1.82, 2.24) is 10.2 Å². The summed E-state index contributed by atoms with van der Waals surface area (Å²) in [6, 6.07) is 16.9. The molecule has 2 aliphatic rings. The number of nitrogens with zero attached hydrogens (tertiary/aromatic N) is 8. The third-order valence-electron chi connectivity index (χ3n) is 6.58. The second-order valence-electron chi connectivity index (χ2n) is 10.1. The van der Waals surface area contributed by atoms with Crippen LogP contribution in [0.15, 0.2) is 83.0 Å². The highest BCUT2D eigenvalue weighted by Gasteiger charge is 2.35. The molecule has 2 fully saturated rings. The van der Waals surface area contributed by atoms with E-state index in [0.717, 1.165) is 11.4 Å². The summed E-state index contributed by atoms with van der Waals surface area (Å²) in [6.07, 6.45) is -1.58. The molecular weight excluding hydrogens is 727 g/mol. The van der Waals surface area contributed by atoms with Crippen LogP contribution >= 0.6 is 23.5 Å². The van der Waals surface area contributed by atoms with Crippen LogP contribution in [-0.2, 0) is 32.3 Å². The smallest absolute Gasteiger partial charge is 0.480 e. The predicted octanol–water partition coefficient (Wildman–Crippen LogP) is 6.71. The number of carboxylic acid groups (broad SMARTS) is 2. The van der Waals surface area contributed by atoms with Gasteiger partial charge in [-0.1, -0.05) is 58.8 Å². The second-order valence-corrected chi connectivity index (χ2v) is 12.1. The Hall–Kier alpha value is -6.18. The lowest BCUT2D eigenvalue weighted by atomic mass is 10.2. The van der Waals surface area contributed by atoms with Crippen LogP contribution in [0.5, 0.6) is 5.75 Å². The third-order valence-corrected chi connectivity index (χ3v) is 8.53. The SMILES string of the molecule is O=C(O)[C@@H]1CSCN1.[N-]=[N+]=Nc1ccc(COC(=O)N2CSC[C@H]2C(=O)O)cc1.[N-]=[N+]=Nc1ccc(COC(=O)Oc2ccc([N+](=O)[O-])cc2)cc1. The Morgan fingerprint density at radius 3 is 1.85 bits per heavy atom. The van der Waals surface area contributed by atoms with E-state index >= 15 is 0 Å². The Labute approximate surface area is 302 Å². The number of non-ortho nitro benzene ring substituents is 1. The van der Waals surface area contributed by atoms with E-state index in [-0.39, 0.29) is 30.7 Å². The summed E-state index contributed by atoms with van der Waals surface area (Å²) in [5.41, 5.74) is 18.8. The lowest BCUT2D eigenvalue weighted by Gasteiger charge is -2.19. The average molecular weight is 756 g/mol. The maximum Gasteiger partial charge on any atom is 0.514 e. The summed E-state index contributed by atoms with van der Waals surface area (Å²) in [4.78, 5) is 61.0. The zero-order chi connectivity index (χ0) is 37.9. The van der Waals surface area contributed by atoms with E-state index in [0.29, 0.717) is 34.3 Å². The summed E-state index contributed by atoms with van der Waals surface area (Å²) in [6.45, 7) is 0.00521. The molecule has 20 nitrogen and oxygen atoms in total. The van der Waals surface area contributed by atoms with Gasteiger partial charge in [0.25, 0.3) is 5.69 Å². The number of ether oxygens (including phenoxy) is 3. The van der Waals surface area contributed by atoms with Crippen LogP contribution in [-0.4, -0.2) is 79.6 Å². The Kier molecular flexibility index (Phi) is 16.4. The first-order valence-corrected chi connectivity index (χ1v) is 17.0. The first kappa shape index (κ1) is 40.3. The minimum atomic E-state index is -1.03. The quantitative estimate of drug-likeness (QED) is 0.0368. The molecule has 3 aromatic rings. The molecule has 22 heteroatoms. The third kappa shape index (κ3) is 13.6. The fourth-order valence-corrected chi connectivity index (χ4v) is 6.00. The molecule has 2 atom stereocenters. The van der Waals surface area contributed by atoms with Crippen LogP contribution in [0.25, 0.3) is 20.9 Å². The van der Waals surface area contributed by atoms with Crippen molar-refractivity contribution in [2.75, 3.05) is 23.3 Å². The molecular formula is C30H29N9O11S2. The number of carbonyl (C=O) groups is 4. The standard InChI is InChI=1S/C14H10N4O5.C12H12N4O4S.C4H7NO2S/c15-17-16-11-3-1-10(2-4-11)9-22-14(19)23-13-7-5-12(6-8-13)18(20)21;13-15-14-9-3-1-8(2-4-9)5-20-12(19)16-7-21-6-10(16)11(17)18;6-4(7)3-1-8-2-5-3/h1-8H,9H2;1-4,10H,5-7H2,(H,17,18);3,5H,1-2H2,(H,6,7)/t;10-;3-/m.00/s1. The van der Waals surface area contributed by atoms with Crippen LogP contribution in [0.3, 0.4) is 0 Å². The number of thioether (sulfide) groups is 2. The molecule has 3 N–H and O–H groups in total. The maximum atomic E-state index is 11.9. The number of carbonyl (C=O) groups excluding carboxylic acids is 2. The number of hydrogen-bond donors (Lipinski definition) is 3. The number of aliphatic carboxylic acids is 2. The Bertz CT molecular complexity index is 1800. The number of rotatable bonds is 10. The van der Waals surface area contributed by atoms with E-state index in [1.54, 1.807) is 60.3 Å². The van der Waals surface area contributed by atoms with Gasteiger partial charge in [0.1, 0.15) is 31.0 Å². The maximum absolute atomic E-state index is 11.9. The fourth-order valence-electron chi connectivity index (χ4n) is 3.93. The van der Waals surface area contributed by atoms with Gasteiger partial charge in [0.05, 0.1) is 10.8 Å². The molecule has 0 radical (unpaired) electrons. The zero-order valence-corrected chi connectivity index (χ0v) is 28.4. The van der Waals surface area contributed by atoms with Crippen molar-refractivity contribution in [3.8, 4) is 5.75 Å². The Morgan fingerprint density at radius 1 is 0.846 bits per heavy atom. The van der Waals surface area contributed by atoms with E-state index in [1.165, 1.54) is 40.9 Å². The number of benzene rings is 3. The highest BCUT2D eigenvalue weighted by Crippen LogP contribution is 2.23. The summed E-state index contributed by atoms with van der Waals surface area (Å²) >= 11 is 2.99. The van der Waals surface area contributed by atoms with Gasteiger partial charge >= 0.3 is 24.2 Å². The van der Waals surface area contributed by atoms with Gasteiger partial charge in [-0.2, -0.15) is 0 Å². The van der Waals surface area contributed by atoms with Crippen molar-refractivity contribution in [2.45, 2.75) is 25.3 Å². The molecule has 2 heterocycles. The number of amides is 1. The zero-order valence-electron chi connectivity index (χ0n) is 26.8. The van der Waals surface area contributed by atoms with Crippen molar-refractivity contribution >= 4 is 64.8 Å². The van der Waals surface area contributed by atoms with Gasteiger partial charge in [-0.3, -0.25) is 25.1 Å². The van der Waals surface area contributed by atoms with Gasteiger partial charge in [-0.15, -0.1) is 23.5 Å². The molecule has 2 saturated heterocycles. The van der Waals surface area contributed by atoms with Crippen molar-refractivity contribution < 1.29 is 48.5 Å². The van der Waals surface area contributed by atoms with Crippen molar-refractivity contribution in [2.24, 2.45) is 10.2 Å². The topological polar surface area (TPSA) is 292 Å². The lowest BCUT2D eigenvalue weighted by Crippen LogP contribution is -2.41. The lowest BCUT2D eigenvalue weighted by molar-refractivity contribution is -0.384. The number of hydrogen-bond acceptors (Lipinski definition) is 14. The minimum absolute atomic E-state index is 0.0254. The molecule has 3 aromatic carbocycles. The molecule has 0 bridgehead atoms. The van der Waals surface area contributed by atoms with Gasteiger partial charge in [-0.05, 0) is 34.3 Å². The number of azide groups is 2.